The van der Waals surface area contributed by atoms with E-state index in [2.05, 4.69) is 11.9 Å². The van der Waals surface area contributed by atoms with Crippen molar-refractivity contribution in [1.29, 1.82) is 0 Å². The molecule has 0 unspecified atom stereocenters. The third kappa shape index (κ3) is 2.65. The number of rotatable bonds is 5. The molecule has 0 radical (unpaired) electrons. The summed E-state index contributed by atoms with van der Waals surface area (Å²) in [6, 6.07) is 5.31. The fraction of sp³-hybridized carbons (Fsp3) is 0.357. The van der Waals surface area contributed by atoms with Crippen molar-refractivity contribution in [3.8, 4) is 11.5 Å². The lowest BCUT2D eigenvalue weighted by Gasteiger charge is -2.12. The van der Waals surface area contributed by atoms with Crippen LogP contribution < -0.4 is 20.8 Å². The van der Waals surface area contributed by atoms with E-state index in [0.717, 1.165) is 18.2 Å². The number of hydrogen-bond acceptors (Lipinski definition) is 4. The molecule has 1 aromatic carbocycles. The molecule has 0 atom stereocenters. The first kappa shape index (κ1) is 13.3. The fourth-order valence-electron chi connectivity index (χ4n) is 1.92. The van der Waals surface area contributed by atoms with Crippen LogP contribution in [0.25, 0.3) is 10.9 Å². The Morgan fingerprint density at radius 3 is 2.79 bits per heavy atom. The number of pyridine rings is 1. The van der Waals surface area contributed by atoms with E-state index < -0.39 is 0 Å². The predicted molar refractivity (Wildman–Crippen MR) is 75.9 cm³/mol. The Hall–Kier alpha value is -2.17. The van der Waals surface area contributed by atoms with Crippen LogP contribution in [-0.4, -0.2) is 18.7 Å². The molecule has 2 rings (SSSR count). The number of methoxy groups -OCH3 is 1. The van der Waals surface area contributed by atoms with Crippen LogP contribution in [0.4, 0.5) is 5.69 Å². The molecular weight excluding hydrogens is 244 g/mol. The molecule has 19 heavy (non-hydrogen) atoms. The highest BCUT2D eigenvalue weighted by Crippen LogP contribution is 2.32. The molecule has 0 fully saturated rings. The van der Waals surface area contributed by atoms with Crippen LogP contribution in [0.1, 0.15) is 19.8 Å². The fourth-order valence-corrected chi connectivity index (χ4v) is 1.92. The van der Waals surface area contributed by atoms with Gasteiger partial charge in [0.25, 0.3) is 5.56 Å². The van der Waals surface area contributed by atoms with Gasteiger partial charge in [-0.15, -0.1) is 0 Å². The third-order valence-electron chi connectivity index (χ3n) is 2.90. The number of unbranched alkanes of at least 4 members (excludes halogenated alkanes) is 1. The maximum atomic E-state index is 11.9. The molecular formula is C14H18N2O3. The Kier molecular flexibility index (Phi) is 3.94. The molecule has 3 N–H and O–H groups in total. The number of benzene rings is 1. The van der Waals surface area contributed by atoms with E-state index in [0.29, 0.717) is 23.6 Å². The summed E-state index contributed by atoms with van der Waals surface area (Å²) in [6.07, 6.45) is 1.95. The van der Waals surface area contributed by atoms with Gasteiger partial charge in [-0.05, 0) is 24.6 Å². The first-order chi connectivity index (χ1) is 9.17. The van der Waals surface area contributed by atoms with E-state index in [1.807, 2.05) is 6.07 Å². The van der Waals surface area contributed by atoms with Crippen molar-refractivity contribution in [3.05, 3.63) is 28.6 Å². The second kappa shape index (κ2) is 5.65. The smallest absolute Gasteiger partial charge is 0.294 e. The Morgan fingerprint density at radius 2 is 2.11 bits per heavy atom. The standard InChI is InChI=1S/C14H18N2O3/c1-3-4-7-19-12-10-6-5-9(15)8-11(10)16-14(17)13(12)18-2/h5-6,8H,3-4,7,15H2,1-2H3,(H,16,17). The number of nitrogens with two attached hydrogens (primary N) is 1. The van der Waals surface area contributed by atoms with Gasteiger partial charge >= 0.3 is 0 Å². The van der Waals surface area contributed by atoms with Crippen molar-refractivity contribution < 1.29 is 9.47 Å². The molecule has 0 bridgehead atoms. The van der Waals surface area contributed by atoms with E-state index >= 15 is 0 Å². The topological polar surface area (TPSA) is 77.3 Å². The summed E-state index contributed by atoms with van der Waals surface area (Å²) in [6.45, 7) is 2.63. The average Bonchev–Trinajstić information content (AvgIpc) is 2.38. The molecule has 0 spiro atoms. The molecule has 0 saturated carbocycles. The molecule has 0 aliphatic carbocycles. The summed E-state index contributed by atoms with van der Waals surface area (Å²) >= 11 is 0. The van der Waals surface area contributed by atoms with Gasteiger partial charge in [0, 0.05) is 11.1 Å². The van der Waals surface area contributed by atoms with Gasteiger partial charge in [-0.3, -0.25) is 4.79 Å². The number of aromatic amines is 1. The molecule has 1 aromatic heterocycles. The molecule has 0 saturated heterocycles. The molecule has 0 amide bonds. The minimum Gasteiger partial charge on any atom is -0.489 e. The number of nitrogens with one attached hydrogen (secondary N) is 1. The van der Waals surface area contributed by atoms with Crippen LogP contribution in [-0.2, 0) is 0 Å². The van der Waals surface area contributed by atoms with Crippen LogP contribution in [0.2, 0.25) is 0 Å². The van der Waals surface area contributed by atoms with Gasteiger partial charge in [0.2, 0.25) is 5.75 Å². The summed E-state index contributed by atoms with van der Waals surface area (Å²) in [5, 5.41) is 0.793. The van der Waals surface area contributed by atoms with E-state index in [1.165, 1.54) is 7.11 Å². The Morgan fingerprint density at radius 1 is 1.32 bits per heavy atom. The first-order valence-corrected chi connectivity index (χ1v) is 6.29. The van der Waals surface area contributed by atoms with E-state index in [4.69, 9.17) is 15.2 Å². The lowest BCUT2D eigenvalue weighted by Crippen LogP contribution is -2.12. The largest absolute Gasteiger partial charge is 0.489 e. The number of H-pyrrole nitrogens is 1. The monoisotopic (exact) mass is 262 g/mol. The van der Waals surface area contributed by atoms with Gasteiger partial charge in [0.05, 0.1) is 19.2 Å². The zero-order valence-corrected chi connectivity index (χ0v) is 11.2. The lowest BCUT2D eigenvalue weighted by molar-refractivity contribution is 0.290. The minimum absolute atomic E-state index is 0.202. The highest BCUT2D eigenvalue weighted by Gasteiger charge is 2.14. The highest BCUT2D eigenvalue weighted by molar-refractivity contribution is 5.89. The number of ether oxygens (including phenoxy) is 2. The Balaban J connectivity index is 2.57. The summed E-state index contributed by atoms with van der Waals surface area (Å²) in [4.78, 5) is 14.7. The molecule has 1 heterocycles. The average molecular weight is 262 g/mol. The summed E-state index contributed by atoms with van der Waals surface area (Å²) in [5.41, 5.74) is 6.65. The van der Waals surface area contributed by atoms with E-state index in [1.54, 1.807) is 12.1 Å². The van der Waals surface area contributed by atoms with Gasteiger partial charge in [-0.25, -0.2) is 0 Å². The summed E-state index contributed by atoms with van der Waals surface area (Å²) in [7, 11) is 1.46. The zero-order chi connectivity index (χ0) is 13.8. The molecule has 5 heteroatoms. The quantitative estimate of drug-likeness (QED) is 0.640. The molecule has 0 aliphatic heterocycles. The van der Waals surface area contributed by atoms with Crippen LogP contribution in [0.3, 0.4) is 0 Å². The number of fused-ring (bicyclic) bond motifs is 1. The maximum Gasteiger partial charge on any atom is 0.294 e. The molecule has 0 aliphatic rings. The van der Waals surface area contributed by atoms with Gasteiger partial charge in [-0.1, -0.05) is 13.3 Å². The van der Waals surface area contributed by atoms with E-state index in [9.17, 15) is 4.79 Å². The number of hydrogen-bond donors (Lipinski definition) is 2. The van der Waals surface area contributed by atoms with Gasteiger partial charge < -0.3 is 20.2 Å². The van der Waals surface area contributed by atoms with Crippen LogP contribution in [0.15, 0.2) is 23.0 Å². The molecule has 5 nitrogen and oxygen atoms in total. The second-order valence-corrected chi connectivity index (χ2v) is 4.32. The summed E-state index contributed by atoms with van der Waals surface area (Å²) in [5.74, 6) is 0.683. The minimum atomic E-state index is -0.313. The zero-order valence-electron chi connectivity index (χ0n) is 11.2. The molecule has 2 aromatic rings. The second-order valence-electron chi connectivity index (χ2n) is 4.32. The number of aromatic nitrogens is 1. The Bertz CT molecular complexity index is 634. The van der Waals surface area contributed by atoms with Crippen LogP contribution in [0.5, 0.6) is 11.5 Å². The van der Waals surface area contributed by atoms with E-state index in [-0.39, 0.29) is 11.3 Å². The van der Waals surface area contributed by atoms with Crippen LogP contribution in [0, 0.1) is 0 Å². The first-order valence-electron chi connectivity index (χ1n) is 6.29. The maximum absolute atomic E-state index is 11.9. The van der Waals surface area contributed by atoms with Crippen LogP contribution >= 0.6 is 0 Å². The molecule has 102 valence electrons. The van der Waals surface area contributed by atoms with Gasteiger partial charge in [0.15, 0.2) is 5.75 Å². The third-order valence-corrected chi connectivity index (χ3v) is 2.90. The van der Waals surface area contributed by atoms with Crippen molar-refractivity contribution in [2.24, 2.45) is 0 Å². The highest BCUT2D eigenvalue weighted by atomic mass is 16.5. The van der Waals surface area contributed by atoms with Crippen molar-refractivity contribution in [2.45, 2.75) is 19.8 Å². The summed E-state index contributed by atoms with van der Waals surface area (Å²) < 4.78 is 10.9. The number of nitrogen functional groups attached to an aromatic ring is 1. The van der Waals surface area contributed by atoms with Crippen molar-refractivity contribution in [1.82, 2.24) is 4.98 Å². The van der Waals surface area contributed by atoms with Crippen molar-refractivity contribution in [2.75, 3.05) is 19.5 Å². The SMILES string of the molecule is CCCCOc1c(OC)c(=O)[nH]c2cc(N)ccc12. The van der Waals surface area contributed by atoms with Crippen molar-refractivity contribution in [3.63, 3.8) is 0 Å². The Labute approximate surface area is 111 Å². The van der Waals surface area contributed by atoms with Crippen molar-refractivity contribution >= 4 is 16.6 Å². The normalized spacial score (nSPS) is 10.6. The van der Waals surface area contributed by atoms with Gasteiger partial charge in [0.1, 0.15) is 0 Å². The lowest BCUT2D eigenvalue weighted by atomic mass is 10.1. The number of anilines is 1. The predicted octanol–water partition coefficient (Wildman–Crippen LogP) is 2.30. The van der Waals surface area contributed by atoms with Gasteiger partial charge in [-0.2, -0.15) is 0 Å².